The Morgan fingerprint density at radius 1 is 1.00 bits per heavy atom. The van der Waals surface area contributed by atoms with Gasteiger partial charge in [0, 0.05) is 12.3 Å². The highest BCUT2D eigenvalue weighted by atomic mass is 32.2. The normalized spacial score (nSPS) is 13.3. The summed E-state index contributed by atoms with van der Waals surface area (Å²) in [7, 11) is 0. The van der Waals surface area contributed by atoms with E-state index in [0.29, 0.717) is 10.8 Å². The van der Waals surface area contributed by atoms with E-state index >= 15 is 0 Å². The van der Waals surface area contributed by atoms with E-state index in [1.54, 1.807) is 0 Å². The molecule has 0 aliphatic carbocycles. The molecule has 0 saturated carbocycles. The highest BCUT2D eigenvalue weighted by Gasteiger charge is 2.24. The number of hydrogen-bond donors (Lipinski definition) is 1. The topological polar surface area (TPSA) is 26.0 Å². The van der Waals surface area contributed by atoms with Gasteiger partial charge < -0.3 is 5.73 Å². The van der Waals surface area contributed by atoms with E-state index < -0.39 is 0 Å². The van der Waals surface area contributed by atoms with Crippen molar-refractivity contribution in [3.05, 3.63) is 0 Å². The summed E-state index contributed by atoms with van der Waals surface area (Å²) in [5, 5.41) is 0. The average Bonchev–Trinajstić information content (AvgIpc) is 1.93. The zero-order chi connectivity index (χ0) is 11.2. The first-order chi connectivity index (χ1) is 6.27. The van der Waals surface area contributed by atoms with Gasteiger partial charge in [0.2, 0.25) is 0 Å². The third kappa shape index (κ3) is 8.89. The molecule has 0 rings (SSSR count). The maximum absolute atomic E-state index is 5.46. The van der Waals surface area contributed by atoms with Crippen LogP contribution in [0.4, 0.5) is 0 Å². The van der Waals surface area contributed by atoms with Crippen LogP contribution in [0.3, 0.4) is 0 Å². The molecule has 86 valence electrons. The lowest BCUT2D eigenvalue weighted by molar-refractivity contribution is 0.207. The van der Waals surface area contributed by atoms with E-state index in [0.717, 1.165) is 12.3 Å². The quantitative estimate of drug-likeness (QED) is 0.689. The van der Waals surface area contributed by atoms with Gasteiger partial charge in [-0.3, -0.25) is 0 Å². The molecule has 0 atom stereocenters. The SMILES string of the molecule is CC(C)(C)CC(C)(C)CCSCCN. The number of rotatable bonds is 6. The largest absolute Gasteiger partial charge is 0.330 e. The molecular formula is C12H27NS. The zero-order valence-corrected chi connectivity index (χ0v) is 11.3. The molecule has 14 heavy (non-hydrogen) atoms. The summed E-state index contributed by atoms with van der Waals surface area (Å²) in [5.41, 5.74) is 6.38. The fourth-order valence-electron chi connectivity index (χ4n) is 2.06. The van der Waals surface area contributed by atoms with E-state index in [2.05, 4.69) is 34.6 Å². The van der Waals surface area contributed by atoms with Crippen LogP contribution in [0.2, 0.25) is 0 Å². The van der Waals surface area contributed by atoms with Gasteiger partial charge in [-0.1, -0.05) is 34.6 Å². The molecule has 0 heterocycles. The molecule has 2 N–H and O–H groups in total. The molecule has 0 aliphatic rings. The molecule has 0 amide bonds. The molecule has 0 aromatic carbocycles. The van der Waals surface area contributed by atoms with Crippen LogP contribution in [0.25, 0.3) is 0 Å². The lowest BCUT2D eigenvalue weighted by Gasteiger charge is -2.32. The molecular weight excluding hydrogens is 190 g/mol. The molecule has 0 fully saturated rings. The van der Waals surface area contributed by atoms with Crippen molar-refractivity contribution in [2.75, 3.05) is 18.1 Å². The van der Waals surface area contributed by atoms with E-state index in [1.165, 1.54) is 18.6 Å². The van der Waals surface area contributed by atoms with Crippen LogP contribution >= 0.6 is 11.8 Å². The van der Waals surface area contributed by atoms with E-state index in [1.807, 2.05) is 11.8 Å². The van der Waals surface area contributed by atoms with Gasteiger partial charge in [-0.05, 0) is 29.4 Å². The lowest BCUT2D eigenvalue weighted by atomic mass is 9.75. The third-order valence-electron chi connectivity index (χ3n) is 2.19. The van der Waals surface area contributed by atoms with Crippen LogP contribution in [0.1, 0.15) is 47.5 Å². The van der Waals surface area contributed by atoms with Crippen LogP contribution < -0.4 is 5.73 Å². The van der Waals surface area contributed by atoms with E-state index in [-0.39, 0.29) is 0 Å². The Morgan fingerprint density at radius 2 is 1.57 bits per heavy atom. The Hall–Kier alpha value is 0.310. The third-order valence-corrected chi connectivity index (χ3v) is 3.21. The molecule has 0 bridgehead atoms. The highest BCUT2D eigenvalue weighted by molar-refractivity contribution is 7.99. The highest BCUT2D eigenvalue weighted by Crippen LogP contribution is 2.36. The Balaban J connectivity index is 3.72. The summed E-state index contributed by atoms with van der Waals surface area (Å²) >= 11 is 1.98. The standard InChI is InChI=1S/C12H27NS/c1-11(2,3)10-12(4,5)6-8-14-9-7-13/h6-10,13H2,1-5H3. The molecule has 0 unspecified atom stereocenters. The zero-order valence-electron chi connectivity index (χ0n) is 10.5. The predicted molar refractivity (Wildman–Crippen MR) is 68.8 cm³/mol. The molecule has 2 heteroatoms. The fraction of sp³-hybridized carbons (Fsp3) is 1.00. The molecule has 0 saturated heterocycles. The van der Waals surface area contributed by atoms with Crippen molar-refractivity contribution >= 4 is 11.8 Å². The van der Waals surface area contributed by atoms with Gasteiger partial charge in [-0.2, -0.15) is 11.8 Å². The van der Waals surface area contributed by atoms with Gasteiger partial charge in [0.1, 0.15) is 0 Å². The minimum absolute atomic E-state index is 0.446. The first-order valence-electron chi connectivity index (χ1n) is 5.55. The van der Waals surface area contributed by atoms with Gasteiger partial charge in [-0.25, -0.2) is 0 Å². The maximum Gasteiger partial charge on any atom is 0.00558 e. The predicted octanol–water partition coefficient (Wildman–Crippen LogP) is 3.53. The van der Waals surface area contributed by atoms with E-state index in [4.69, 9.17) is 5.73 Å². The Bertz CT molecular complexity index is 147. The maximum atomic E-state index is 5.46. The minimum atomic E-state index is 0.446. The van der Waals surface area contributed by atoms with Crippen molar-refractivity contribution in [1.29, 1.82) is 0 Å². The van der Waals surface area contributed by atoms with Crippen molar-refractivity contribution in [2.24, 2.45) is 16.6 Å². The molecule has 0 aromatic rings. The van der Waals surface area contributed by atoms with Crippen molar-refractivity contribution in [2.45, 2.75) is 47.5 Å². The Labute approximate surface area is 94.2 Å². The monoisotopic (exact) mass is 217 g/mol. The van der Waals surface area contributed by atoms with Crippen molar-refractivity contribution < 1.29 is 0 Å². The second-order valence-electron chi connectivity index (χ2n) is 6.05. The van der Waals surface area contributed by atoms with Crippen LogP contribution in [-0.4, -0.2) is 18.1 Å². The first-order valence-corrected chi connectivity index (χ1v) is 6.70. The second-order valence-corrected chi connectivity index (χ2v) is 7.28. The number of thioether (sulfide) groups is 1. The van der Waals surface area contributed by atoms with Gasteiger partial charge in [0.05, 0.1) is 0 Å². The van der Waals surface area contributed by atoms with Crippen LogP contribution in [0.5, 0.6) is 0 Å². The number of nitrogens with two attached hydrogens (primary N) is 1. The lowest BCUT2D eigenvalue weighted by Crippen LogP contribution is -2.21. The molecule has 0 aromatic heterocycles. The fourth-order valence-corrected chi connectivity index (χ4v) is 3.13. The summed E-state index contributed by atoms with van der Waals surface area (Å²) in [6, 6.07) is 0. The summed E-state index contributed by atoms with van der Waals surface area (Å²) in [5.74, 6) is 2.35. The smallest absolute Gasteiger partial charge is 0.00558 e. The average molecular weight is 217 g/mol. The molecule has 0 radical (unpaired) electrons. The van der Waals surface area contributed by atoms with Gasteiger partial charge in [-0.15, -0.1) is 0 Å². The summed E-state index contributed by atoms with van der Waals surface area (Å²) < 4.78 is 0. The van der Waals surface area contributed by atoms with Crippen LogP contribution in [-0.2, 0) is 0 Å². The Kier molecular flexibility index (Phi) is 6.15. The Morgan fingerprint density at radius 3 is 2.00 bits per heavy atom. The molecule has 0 aliphatic heterocycles. The minimum Gasteiger partial charge on any atom is -0.330 e. The second kappa shape index (κ2) is 6.02. The summed E-state index contributed by atoms with van der Waals surface area (Å²) in [6.45, 7) is 12.5. The first kappa shape index (κ1) is 14.3. The van der Waals surface area contributed by atoms with E-state index in [9.17, 15) is 0 Å². The summed E-state index contributed by atoms with van der Waals surface area (Å²) in [6.07, 6.45) is 2.60. The molecule has 1 nitrogen and oxygen atoms in total. The number of hydrogen-bond acceptors (Lipinski definition) is 2. The van der Waals surface area contributed by atoms with Gasteiger partial charge in [0.25, 0.3) is 0 Å². The van der Waals surface area contributed by atoms with Crippen LogP contribution in [0.15, 0.2) is 0 Å². The van der Waals surface area contributed by atoms with Gasteiger partial charge in [0.15, 0.2) is 0 Å². The van der Waals surface area contributed by atoms with Crippen molar-refractivity contribution in [3.63, 3.8) is 0 Å². The van der Waals surface area contributed by atoms with Crippen molar-refractivity contribution in [1.82, 2.24) is 0 Å². The van der Waals surface area contributed by atoms with Crippen molar-refractivity contribution in [3.8, 4) is 0 Å². The summed E-state index contributed by atoms with van der Waals surface area (Å²) in [4.78, 5) is 0. The molecule has 0 spiro atoms. The van der Waals surface area contributed by atoms with Crippen LogP contribution in [0, 0.1) is 10.8 Å². The van der Waals surface area contributed by atoms with Gasteiger partial charge >= 0.3 is 0 Å².